The fourth-order valence-corrected chi connectivity index (χ4v) is 4.86. The molecule has 28 heavy (non-hydrogen) atoms. The fraction of sp³-hybridized carbons (Fsp3) is 0.0870. The van der Waals surface area contributed by atoms with Crippen LogP contribution in [-0.2, 0) is 0 Å². The summed E-state index contributed by atoms with van der Waals surface area (Å²) in [4.78, 5) is 5.92. The van der Waals surface area contributed by atoms with Gasteiger partial charge in [-0.15, -0.1) is 0 Å². The van der Waals surface area contributed by atoms with Gasteiger partial charge in [-0.1, -0.05) is 71.5 Å². The second-order valence-electron chi connectivity index (χ2n) is 6.87. The SMILES string of the molecule is Cc1cccc(C)c1Nc1c(-c2ccccc2Cl)nc2sc3ccccc3n12. The normalized spacial score (nSPS) is 11.4. The number of rotatable bonds is 3. The van der Waals surface area contributed by atoms with Crippen LogP contribution in [0.15, 0.2) is 66.7 Å². The van der Waals surface area contributed by atoms with Gasteiger partial charge >= 0.3 is 0 Å². The molecule has 5 rings (SSSR count). The van der Waals surface area contributed by atoms with Crippen LogP contribution in [0.5, 0.6) is 0 Å². The van der Waals surface area contributed by atoms with E-state index >= 15 is 0 Å². The highest BCUT2D eigenvalue weighted by Gasteiger charge is 2.20. The quantitative estimate of drug-likeness (QED) is 0.344. The number of halogens is 1. The van der Waals surface area contributed by atoms with E-state index in [0.29, 0.717) is 5.02 Å². The van der Waals surface area contributed by atoms with Crippen molar-refractivity contribution < 1.29 is 0 Å². The molecular formula is C23H18ClN3S. The average Bonchev–Trinajstić information content (AvgIpc) is 3.21. The lowest BCUT2D eigenvalue weighted by molar-refractivity contribution is 1.26. The predicted octanol–water partition coefficient (Wildman–Crippen LogP) is 7.23. The van der Waals surface area contributed by atoms with E-state index in [1.807, 2.05) is 24.3 Å². The van der Waals surface area contributed by atoms with Crippen molar-refractivity contribution >= 4 is 49.6 Å². The number of fused-ring (bicyclic) bond motifs is 3. The van der Waals surface area contributed by atoms with Crippen LogP contribution in [-0.4, -0.2) is 9.38 Å². The third kappa shape index (κ3) is 2.68. The molecule has 3 nitrogen and oxygen atoms in total. The maximum Gasteiger partial charge on any atom is 0.197 e. The molecule has 138 valence electrons. The minimum absolute atomic E-state index is 0.696. The number of nitrogens with zero attached hydrogens (tertiary/aromatic N) is 2. The van der Waals surface area contributed by atoms with E-state index in [0.717, 1.165) is 33.2 Å². The van der Waals surface area contributed by atoms with Gasteiger partial charge in [0, 0.05) is 11.3 Å². The first-order valence-electron chi connectivity index (χ1n) is 9.11. The Morgan fingerprint density at radius 2 is 1.61 bits per heavy atom. The molecule has 2 aromatic heterocycles. The monoisotopic (exact) mass is 403 g/mol. The number of hydrogen-bond acceptors (Lipinski definition) is 3. The first kappa shape index (κ1) is 17.3. The Balaban J connectivity index is 1.83. The van der Waals surface area contributed by atoms with E-state index in [4.69, 9.17) is 16.6 Å². The lowest BCUT2D eigenvalue weighted by atomic mass is 10.1. The summed E-state index contributed by atoms with van der Waals surface area (Å²) in [5.74, 6) is 0.943. The van der Waals surface area contributed by atoms with E-state index in [-0.39, 0.29) is 0 Å². The number of nitrogens with one attached hydrogen (secondary N) is 1. The number of anilines is 2. The molecule has 0 amide bonds. The fourth-order valence-electron chi connectivity index (χ4n) is 3.60. The number of para-hydroxylation sites is 2. The lowest BCUT2D eigenvalue weighted by Gasteiger charge is -2.14. The van der Waals surface area contributed by atoms with Crippen molar-refractivity contribution in [1.29, 1.82) is 0 Å². The maximum absolute atomic E-state index is 6.54. The van der Waals surface area contributed by atoms with E-state index in [2.05, 4.69) is 66.0 Å². The van der Waals surface area contributed by atoms with Crippen LogP contribution in [0.2, 0.25) is 5.02 Å². The zero-order chi connectivity index (χ0) is 19.3. The Morgan fingerprint density at radius 3 is 2.39 bits per heavy atom. The van der Waals surface area contributed by atoms with Crippen LogP contribution >= 0.6 is 22.9 Å². The summed E-state index contributed by atoms with van der Waals surface area (Å²) in [6.07, 6.45) is 0. The standard InChI is InChI=1S/C23H18ClN3S/c1-14-8-7-9-15(2)20(14)25-22-21(16-10-3-4-11-17(16)24)26-23-27(22)18-12-5-6-13-19(18)28-23/h3-13,25H,1-2H3. The van der Waals surface area contributed by atoms with Crippen LogP contribution in [0.4, 0.5) is 11.5 Å². The molecule has 0 aliphatic carbocycles. The van der Waals surface area contributed by atoms with Gasteiger partial charge in [0.2, 0.25) is 0 Å². The third-order valence-corrected chi connectivity index (χ3v) is 6.36. The molecule has 3 aromatic carbocycles. The van der Waals surface area contributed by atoms with E-state index in [1.54, 1.807) is 11.3 Å². The number of aromatic nitrogens is 2. The molecule has 0 aliphatic heterocycles. The molecule has 0 bridgehead atoms. The van der Waals surface area contributed by atoms with Gasteiger partial charge in [-0.2, -0.15) is 0 Å². The zero-order valence-corrected chi connectivity index (χ0v) is 17.1. The number of benzene rings is 3. The average molecular weight is 404 g/mol. The van der Waals surface area contributed by atoms with Crippen LogP contribution in [0, 0.1) is 13.8 Å². The van der Waals surface area contributed by atoms with Crippen molar-refractivity contribution in [3.63, 3.8) is 0 Å². The van der Waals surface area contributed by atoms with Crippen LogP contribution < -0.4 is 5.32 Å². The van der Waals surface area contributed by atoms with Crippen molar-refractivity contribution in [3.05, 3.63) is 82.9 Å². The van der Waals surface area contributed by atoms with Gasteiger partial charge in [0.15, 0.2) is 4.96 Å². The Kier molecular flexibility index (Phi) is 4.11. The summed E-state index contributed by atoms with van der Waals surface area (Å²) < 4.78 is 3.41. The maximum atomic E-state index is 6.54. The van der Waals surface area contributed by atoms with Crippen LogP contribution in [0.3, 0.4) is 0 Å². The Labute approximate surface area is 172 Å². The summed E-state index contributed by atoms with van der Waals surface area (Å²) in [5.41, 5.74) is 6.43. The molecule has 0 aliphatic rings. The molecular weight excluding hydrogens is 386 g/mol. The topological polar surface area (TPSA) is 29.3 Å². The van der Waals surface area contributed by atoms with Gasteiger partial charge in [0.25, 0.3) is 0 Å². The molecule has 2 heterocycles. The largest absolute Gasteiger partial charge is 0.339 e. The van der Waals surface area contributed by atoms with Crippen LogP contribution in [0.1, 0.15) is 11.1 Å². The molecule has 5 aromatic rings. The highest BCUT2D eigenvalue weighted by atomic mass is 35.5. The van der Waals surface area contributed by atoms with E-state index in [9.17, 15) is 0 Å². The summed E-state index contributed by atoms with van der Waals surface area (Å²) in [6, 6.07) is 22.6. The zero-order valence-electron chi connectivity index (χ0n) is 15.5. The molecule has 0 radical (unpaired) electrons. The van der Waals surface area contributed by atoms with Gasteiger partial charge in [0.1, 0.15) is 11.5 Å². The molecule has 0 spiro atoms. The smallest absolute Gasteiger partial charge is 0.197 e. The second-order valence-corrected chi connectivity index (χ2v) is 8.28. The highest BCUT2D eigenvalue weighted by molar-refractivity contribution is 7.23. The summed E-state index contributed by atoms with van der Waals surface area (Å²) in [6.45, 7) is 4.24. The Morgan fingerprint density at radius 1 is 0.893 bits per heavy atom. The molecule has 0 atom stereocenters. The first-order chi connectivity index (χ1) is 13.6. The minimum atomic E-state index is 0.696. The molecule has 0 fully saturated rings. The van der Waals surface area contributed by atoms with Crippen molar-refractivity contribution in [2.24, 2.45) is 0 Å². The van der Waals surface area contributed by atoms with Crippen molar-refractivity contribution in [1.82, 2.24) is 9.38 Å². The molecule has 0 saturated carbocycles. The Hall–Kier alpha value is -2.82. The van der Waals surface area contributed by atoms with E-state index in [1.165, 1.54) is 15.8 Å². The van der Waals surface area contributed by atoms with Gasteiger partial charge < -0.3 is 5.32 Å². The van der Waals surface area contributed by atoms with Crippen molar-refractivity contribution in [3.8, 4) is 11.3 Å². The molecule has 1 N–H and O–H groups in total. The minimum Gasteiger partial charge on any atom is -0.339 e. The molecule has 0 saturated heterocycles. The number of thiazole rings is 1. The molecule has 5 heteroatoms. The Bertz CT molecular complexity index is 1310. The summed E-state index contributed by atoms with van der Waals surface area (Å²) >= 11 is 8.22. The van der Waals surface area contributed by atoms with Gasteiger partial charge in [-0.3, -0.25) is 4.40 Å². The van der Waals surface area contributed by atoms with Gasteiger partial charge in [0.05, 0.1) is 15.2 Å². The lowest BCUT2D eigenvalue weighted by Crippen LogP contribution is -2.00. The predicted molar refractivity (Wildman–Crippen MR) is 120 cm³/mol. The van der Waals surface area contributed by atoms with Crippen LogP contribution in [0.25, 0.3) is 26.4 Å². The number of imidazole rings is 1. The van der Waals surface area contributed by atoms with E-state index < -0.39 is 0 Å². The number of hydrogen-bond donors (Lipinski definition) is 1. The summed E-state index contributed by atoms with van der Waals surface area (Å²) in [7, 11) is 0. The summed E-state index contributed by atoms with van der Waals surface area (Å²) in [5, 5.41) is 4.38. The highest BCUT2D eigenvalue weighted by Crippen LogP contribution is 2.40. The third-order valence-electron chi connectivity index (χ3n) is 5.01. The van der Waals surface area contributed by atoms with Crippen molar-refractivity contribution in [2.45, 2.75) is 13.8 Å². The van der Waals surface area contributed by atoms with Gasteiger partial charge in [-0.05, 0) is 43.2 Å². The first-order valence-corrected chi connectivity index (χ1v) is 10.3. The van der Waals surface area contributed by atoms with Crippen molar-refractivity contribution in [2.75, 3.05) is 5.32 Å². The van der Waals surface area contributed by atoms with Gasteiger partial charge in [-0.25, -0.2) is 4.98 Å². The number of aryl methyl sites for hydroxylation is 2. The second kappa shape index (κ2) is 6.66. The molecule has 0 unspecified atom stereocenters.